The van der Waals surface area contributed by atoms with Crippen molar-refractivity contribution in [1.82, 2.24) is 4.98 Å². The highest BCUT2D eigenvalue weighted by Crippen LogP contribution is 2.13. The van der Waals surface area contributed by atoms with E-state index < -0.39 is 0 Å². The van der Waals surface area contributed by atoms with Gasteiger partial charge in [0.15, 0.2) is 0 Å². The van der Waals surface area contributed by atoms with Crippen LogP contribution in [0.4, 0.5) is 0 Å². The highest BCUT2D eigenvalue weighted by Gasteiger charge is 1.96. The van der Waals surface area contributed by atoms with Crippen molar-refractivity contribution in [3.05, 3.63) is 23.9 Å². The van der Waals surface area contributed by atoms with Crippen molar-refractivity contribution < 1.29 is 0 Å². The van der Waals surface area contributed by atoms with Crippen LogP contribution in [0.3, 0.4) is 0 Å². The molecule has 0 radical (unpaired) electrons. The van der Waals surface area contributed by atoms with Gasteiger partial charge in [-0.2, -0.15) is 0 Å². The van der Waals surface area contributed by atoms with Gasteiger partial charge in [0.2, 0.25) is 0 Å². The second-order valence-corrected chi connectivity index (χ2v) is 3.52. The molecule has 1 aromatic rings. The summed E-state index contributed by atoms with van der Waals surface area (Å²) in [5.74, 6) is 1.07. The van der Waals surface area contributed by atoms with Crippen LogP contribution in [0, 0.1) is 5.41 Å². The average molecular weight is 181 g/mol. The largest absolute Gasteiger partial charge is 0.384 e. The van der Waals surface area contributed by atoms with Crippen molar-refractivity contribution in [3.63, 3.8) is 0 Å². The van der Waals surface area contributed by atoms with Crippen LogP contribution in [0.25, 0.3) is 0 Å². The summed E-state index contributed by atoms with van der Waals surface area (Å²) in [7, 11) is 0. The number of nitrogens with two attached hydrogens (primary N) is 1. The molecule has 0 saturated heterocycles. The van der Waals surface area contributed by atoms with E-state index in [1.165, 1.54) is 0 Å². The predicted molar refractivity (Wildman–Crippen MR) is 51.7 cm³/mol. The van der Waals surface area contributed by atoms with Gasteiger partial charge in [0.25, 0.3) is 0 Å². The van der Waals surface area contributed by atoms with Crippen LogP contribution in [0.1, 0.15) is 12.5 Å². The average Bonchev–Trinajstić information content (AvgIpc) is 2.06. The molecule has 12 heavy (non-hydrogen) atoms. The molecule has 3 nitrogen and oxygen atoms in total. The highest BCUT2D eigenvalue weighted by molar-refractivity contribution is 7.99. The molecular weight excluding hydrogens is 170 g/mol. The molecule has 0 aliphatic heterocycles. The molecule has 0 bridgehead atoms. The second kappa shape index (κ2) is 4.11. The van der Waals surface area contributed by atoms with Gasteiger partial charge in [0.05, 0.1) is 5.03 Å². The Hall–Kier alpha value is -1.03. The van der Waals surface area contributed by atoms with Crippen LogP contribution in [0.15, 0.2) is 23.4 Å². The predicted octanol–water partition coefficient (Wildman–Crippen LogP) is 1.48. The van der Waals surface area contributed by atoms with Gasteiger partial charge in [0.1, 0.15) is 5.84 Å². The Morgan fingerprint density at radius 2 is 2.42 bits per heavy atom. The Labute approximate surface area is 75.9 Å². The first kappa shape index (κ1) is 9.06. The number of nitrogens with zero attached hydrogens (tertiary/aromatic N) is 1. The minimum atomic E-state index is 0.0653. The van der Waals surface area contributed by atoms with Crippen molar-refractivity contribution in [1.29, 1.82) is 5.41 Å². The molecule has 0 fully saturated rings. The Kier molecular flexibility index (Phi) is 3.10. The molecule has 0 saturated carbocycles. The molecule has 3 N–H and O–H groups in total. The van der Waals surface area contributed by atoms with Crippen LogP contribution >= 0.6 is 11.8 Å². The minimum absolute atomic E-state index is 0.0653. The molecular formula is C8H11N3S. The van der Waals surface area contributed by atoms with Crippen LogP contribution in [-0.2, 0) is 0 Å². The van der Waals surface area contributed by atoms with Gasteiger partial charge in [-0.25, -0.2) is 4.98 Å². The van der Waals surface area contributed by atoms with E-state index in [9.17, 15) is 0 Å². The number of nitrogen functional groups attached to an aromatic ring is 1. The Balaban J connectivity index is 2.78. The summed E-state index contributed by atoms with van der Waals surface area (Å²) in [5, 5.41) is 8.11. The zero-order valence-corrected chi connectivity index (χ0v) is 7.69. The maximum absolute atomic E-state index is 7.14. The number of hydrogen-bond acceptors (Lipinski definition) is 3. The molecule has 0 spiro atoms. The first-order valence-corrected chi connectivity index (χ1v) is 4.66. The fourth-order valence-electron chi connectivity index (χ4n) is 0.773. The molecule has 4 heteroatoms. The number of aromatic nitrogens is 1. The lowest BCUT2D eigenvalue weighted by atomic mass is 10.3. The van der Waals surface area contributed by atoms with Crippen molar-refractivity contribution >= 4 is 17.6 Å². The lowest BCUT2D eigenvalue weighted by molar-refractivity contribution is 1.12. The molecule has 0 aliphatic rings. The standard InChI is InChI=1S/C8H11N3S/c1-2-12-7-4-3-6(5-11-7)8(9)10/h3-5H,2H2,1H3,(H3,9,10). The summed E-state index contributed by atoms with van der Waals surface area (Å²) < 4.78 is 0. The first-order valence-electron chi connectivity index (χ1n) is 3.67. The Morgan fingerprint density at radius 1 is 1.67 bits per heavy atom. The number of pyridine rings is 1. The van der Waals surface area contributed by atoms with E-state index in [0.717, 1.165) is 10.8 Å². The summed E-state index contributed by atoms with van der Waals surface area (Å²) in [6.07, 6.45) is 1.63. The maximum atomic E-state index is 7.14. The van der Waals surface area contributed by atoms with Crippen LogP contribution < -0.4 is 5.73 Å². The van der Waals surface area contributed by atoms with Gasteiger partial charge in [-0.1, -0.05) is 6.92 Å². The van der Waals surface area contributed by atoms with Gasteiger partial charge in [-0.05, 0) is 17.9 Å². The summed E-state index contributed by atoms with van der Waals surface area (Å²) in [5.41, 5.74) is 5.95. The third-order valence-electron chi connectivity index (χ3n) is 1.34. The molecule has 1 heterocycles. The molecule has 0 aliphatic carbocycles. The van der Waals surface area contributed by atoms with Crippen LogP contribution in [0.5, 0.6) is 0 Å². The fourth-order valence-corrected chi connectivity index (χ4v) is 1.36. The third-order valence-corrected chi connectivity index (χ3v) is 2.17. The lowest BCUT2D eigenvalue weighted by Gasteiger charge is -1.99. The van der Waals surface area contributed by atoms with Gasteiger partial charge >= 0.3 is 0 Å². The van der Waals surface area contributed by atoms with Crippen LogP contribution in [-0.4, -0.2) is 16.6 Å². The van der Waals surface area contributed by atoms with E-state index >= 15 is 0 Å². The highest BCUT2D eigenvalue weighted by atomic mass is 32.2. The number of amidine groups is 1. The van der Waals surface area contributed by atoms with E-state index in [2.05, 4.69) is 11.9 Å². The second-order valence-electron chi connectivity index (χ2n) is 2.23. The SMILES string of the molecule is CCSc1ccc(C(=N)N)cn1. The number of thioether (sulfide) groups is 1. The smallest absolute Gasteiger partial charge is 0.124 e. The summed E-state index contributed by atoms with van der Waals surface area (Å²) in [6, 6.07) is 3.69. The molecule has 64 valence electrons. The molecule has 0 amide bonds. The lowest BCUT2D eigenvalue weighted by Crippen LogP contribution is -2.10. The topological polar surface area (TPSA) is 62.8 Å². The van der Waals surface area contributed by atoms with Crippen molar-refractivity contribution in [2.24, 2.45) is 5.73 Å². The van der Waals surface area contributed by atoms with E-state index in [1.54, 1.807) is 18.0 Å². The summed E-state index contributed by atoms with van der Waals surface area (Å²) in [4.78, 5) is 4.13. The maximum Gasteiger partial charge on any atom is 0.124 e. The minimum Gasteiger partial charge on any atom is -0.384 e. The fraction of sp³-hybridized carbons (Fsp3) is 0.250. The number of nitrogens with one attached hydrogen (secondary N) is 1. The van der Waals surface area contributed by atoms with E-state index in [4.69, 9.17) is 11.1 Å². The number of hydrogen-bond donors (Lipinski definition) is 2. The third kappa shape index (κ3) is 2.23. The Morgan fingerprint density at radius 3 is 2.83 bits per heavy atom. The van der Waals surface area contributed by atoms with Crippen molar-refractivity contribution in [2.45, 2.75) is 11.9 Å². The molecule has 1 aromatic heterocycles. The first-order chi connectivity index (χ1) is 5.74. The normalized spacial score (nSPS) is 9.75. The summed E-state index contributed by atoms with van der Waals surface area (Å²) >= 11 is 1.67. The van der Waals surface area contributed by atoms with Crippen LogP contribution in [0.2, 0.25) is 0 Å². The molecule has 0 atom stereocenters. The monoisotopic (exact) mass is 181 g/mol. The van der Waals surface area contributed by atoms with Gasteiger partial charge in [-0.15, -0.1) is 11.8 Å². The quantitative estimate of drug-likeness (QED) is 0.422. The molecule has 0 unspecified atom stereocenters. The Bertz CT molecular complexity index is 268. The molecule has 1 rings (SSSR count). The summed E-state index contributed by atoms with van der Waals surface area (Å²) in [6.45, 7) is 2.07. The number of rotatable bonds is 3. The van der Waals surface area contributed by atoms with Gasteiger partial charge in [-0.3, -0.25) is 5.41 Å². The van der Waals surface area contributed by atoms with Crippen molar-refractivity contribution in [2.75, 3.05) is 5.75 Å². The van der Waals surface area contributed by atoms with E-state index in [0.29, 0.717) is 5.56 Å². The van der Waals surface area contributed by atoms with Crippen molar-refractivity contribution in [3.8, 4) is 0 Å². The van der Waals surface area contributed by atoms with Gasteiger partial charge < -0.3 is 5.73 Å². The van der Waals surface area contributed by atoms with E-state index in [1.807, 2.05) is 12.1 Å². The molecule has 0 aromatic carbocycles. The zero-order chi connectivity index (χ0) is 8.97. The van der Waals surface area contributed by atoms with Gasteiger partial charge in [0, 0.05) is 11.8 Å². The zero-order valence-electron chi connectivity index (χ0n) is 6.87. The van der Waals surface area contributed by atoms with E-state index in [-0.39, 0.29) is 5.84 Å².